The summed E-state index contributed by atoms with van der Waals surface area (Å²) < 4.78 is 4.64. The predicted molar refractivity (Wildman–Crippen MR) is 38.6 cm³/mol. The summed E-state index contributed by atoms with van der Waals surface area (Å²) in [7, 11) is 1.64. The van der Waals surface area contributed by atoms with Gasteiger partial charge in [-0.15, -0.1) is 24.8 Å². The van der Waals surface area contributed by atoms with E-state index in [0.717, 1.165) is 6.54 Å². The molecule has 0 radical (unpaired) electrons. The summed E-state index contributed by atoms with van der Waals surface area (Å²) in [5.41, 5.74) is 2.44. The highest BCUT2D eigenvalue weighted by molar-refractivity contribution is 5.85. The van der Waals surface area contributed by atoms with E-state index >= 15 is 0 Å². The van der Waals surface area contributed by atoms with Crippen LogP contribution < -0.4 is 11.3 Å². The zero-order valence-corrected chi connectivity index (χ0v) is 6.35. The SMILES string of the molecule is COCCNN.Cl.Cl. The van der Waals surface area contributed by atoms with Crippen molar-refractivity contribution in [1.29, 1.82) is 0 Å². The van der Waals surface area contributed by atoms with E-state index in [9.17, 15) is 0 Å². The van der Waals surface area contributed by atoms with Gasteiger partial charge < -0.3 is 4.74 Å². The molecule has 0 unspecified atom stereocenters. The summed E-state index contributed by atoms with van der Waals surface area (Å²) in [6.07, 6.45) is 0. The van der Waals surface area contributed by atoms with Gasteiger partial charge in [0.05, 0.1) is 6.61 Å². The topological polar surface area (TPSA) is 47.3 Å². The molecule has 0 fully saturated rings. The first-order valence-electron chi connectivity index (χ1n) is 1.84. The predicted octanol–water partition coefficient (Wildman–Crippen LogP) is -0.0603. The van der Waals surface area contributed by atoms with Crippen LogP contribution in [-0.4, -0.2) is 20.3 Å². The fraction of sp³-hybridized carbons (Fsp3) is 1.00. The normalized spacial score (nSPS) is 6.75. The van der Waals surface area contributed by atoms with Gasteiger partial charge in [0.1, 0.15) is 0 Å². The molecule has 0 rings (SSSR count). The summed E-state index contributed by atoms with van der Waals surface area (Å²) in [6.45, 7) is 1.40. The molecule has 0 aliphatic rings. The molecule has 54 valence electrons. The van der Waals surface area contributed by atoms with E-state index in [0.29, 0.717) is 6.61 Å². The summed E-state index contributed by atoms with van der Waals surface area (Å²) in [5, 5.41) is 0. The Morgan fingerprint density at radius 1 is 1.50 bits per heavy atom. The Morgan fingerprint density at radius 2 is 2.00 bits per heavy atom. The van der Waals surface area contributed by atoms with Crippen LogP contribution in [0.5, 0.6) is 0 Å². The third-order valence-electron chi connectivity index (χ3n) is 0.451. The summed E-state index contributed by atoms with van der Waals surface area (Å²) in [6, 6.07) is 0. The number of ether oxygens (including phenoxy) is 1. The standard InChI is InChI=1S/C3H10N2O.2ClH/c1-6-3-2-5-4;;/h5H,2-4H2,1H3;2*1H. The van der Waals surface area contributed by atoms with Crippen LogP contribution in [0.1, 0.15) is 0 Å². The van der Waals surface area contributed by atoms with Gasteiger partial charge >= 0.3 is 0 Å². The Morgan fingerprint density at radius 3 is 2.12 bits per heavy atom. The smallest absolute Gasteiger partial charge is 0.0601 e. The van der Waals surface area contributed by atoms with Crippen molar-refractivity contribution in [3.8, 4) is 0 Å². The molecule has 8 heavy (non-hydrogen) atoms. The van der Waals surface area contributed by atoms with Gasteiger partial charge in [0.25, 0.3) is 0 Å². The van der Waals surface area contributed by atoms with E-state index in [-0.39, 0.29) is 24.8 Å². The molecule has 0 bridgehead atoms. The first kappa shape index (κ1) is 15.8. The van der Waals surface area contributed by atoms with Crippen molar-refractivity contribution >= 4 is 24.8 Å². The number of nitrogens with one attached hydrogen (secondary N) is 1. The number of hydrogen-bond donors (Lipinski definition) is 2. The van der Waals surface area contributed by atoms with Crippen LogP contribution in [0.3, 0.4) is 0 Å². The molecule has 0 aliphatic heterocycles. The third kappa shape index (κ3) is 16.1. The molecule has 0 atom stereocenters. The Balaban J connectivity index is -0.000000125. The van der Waals surface area contributed by atoms with Crippen LogP contribution in [0.2, 0.25) is 0 Å². The largest absolute Gasteiger partial charge is 0.383 e. The van der Waals surface area contributed by atoms with Crippen LogP contribution in [-0.2, 0) is 4.74 Å². The van der Waals surface area contributed by atoms with Gasteiger partial charge in [0, 0.05) is 13.7 Å². The van der Waals surface area contributed by atoms with Gasteiger partial charge in [-0.1, -0.05) is 0 Å². The van der Waals surface area contributed by atoms with Crippen molar-refractivity contribution in [2.24, 2.45) is 5.84 Å². The highest BCUT2D eigenvalue weighted by atomic mass is 35.5. The van der Waals surface area contributed by atoms with Gasteiger partial charge in [-0.05, 0) is 0 Å². The minimum absolute atomic E-state index is 0. The Bertz CT molecular complexity index is 27.2. The second-order valence-corrected chi connectivity index (χ2v) is 0.947. The van der Waals surface area contributed by atoms with E-state index in [1.54, 1.807) is 7.11 Å². The van der Waals surface area contributed by atoms with E-state index in [4.69, 9.17) is 5.84 Å². The van der Waals surface area contributed by atoms with Crippen LogP contribution >= 0.6 is 24.8 Å². The van der Waals surface area contributed by atoms with Gasteiger partial charge in [-0.2, -0.15) is 0 Å². The maximum atomic E-state index is 4.88. The minimum Gasteiger partial charge on any atom is -0.383 e. The van der Waals surface area contributed by atoms with E-state index in [2.05, 4.69) is 10.2 Å². The fourth-order valence-electron chi connectivity index (χ4n) is 0.161. The highest BCUT2D eigenvalue weighted by Gasteiger charge is 1.72. The summed E-state index contributed by atoms with van der Waals surface area (Å²) in [5.74, 6) is 4.88. The Labute approximate surface area is 61.7 Å². The average molecular weight is 163 g/mol. The molecule has 0 saturated heterocycles. The maximum absolute atomic E-state index is 4.88. The van der Waals surface area contributed by atoms with Crippen LogP contribution in [0, 0.1) is 0 Å². The number of rotatable bonds is 3. The molecule has 0 aromatic carbocycles. The molecule has 0 aromatic heterocycles. The molecule has 0 heterocycles. The first-order chi connectivity index (χ1) is 2.91. The summed E-state index contributed by atoms with van der Waals surface area (Å²) >= 11 is 0. The Kier molecular flexibility index (Phi) is 30.9. The van der Waals surface area contributed by atoms with Crippen molar-refractivity contribution in [2.75, 3.05) is 20.3 Å². The molecule has 0 spiro atoms. The van der Waals surface area contributed by atoms with Crippen LogP contribution in [0.25, 0.3) is 0 Å². The molecule has 0 saturated carbocycles. The zero-order chi connectivity index (χ0) is 4.83. The molecule has 0 amide bonds. The fourth-order valence-corrected chi connectivity index (χ4v) is 0.161. The molecule has 3 nitrogen and oxygen atoms in total. The second-order valence-electron chi connectivity index (χ2n) is 0.947. The lowest BCUT2D eigenvalue weighted by molar-refractivity contribution is 0.200. The number of hydrazine groups is 1. The number of methoxy groups -OCH3 is 1. The first-order valence-corrected chi connectivity index (χ1v) is 1.84. The van der Waals surface area contributed by atoms with E-state index in [1.165, 1.54) is 0 Å². The van der Waals surface area contributed by atoms with Crippen molar-refractivity contribution in [2.45, 2.75) is 0 Å². The molecule has 3 N–H and O–H groups in total. The zero-order valence-electron chi connectivity index (χ0n) is 4.72. The number of nitrogens with two attached hydrogens (primary N) is 1. The van der Waals surface area contributed by atoms with Gasteiger partial charge in [-0.25, -0.2) is 0 Å². The van der Waals surface area contributed by atoms with Crippen LogP contribution in [0.15, 0.2) is 0 Å². The van der Waals surface area contributed by atoms with E-state index < -0.39 is 0 Å². The lowest BCUT2D eigenvalue weighted by Crippen LogP contribution is -2.25. The second kappa shape index (κ2) is 15.7. The monoisotopic (exact) mass is 162 g/mol. The van der Waals surface area contributed by atoms with Crippen molar-refractivity contribution < 1.29 is 4.74 Å². The van der Waals surface area contributed by atoms with Crippen molar-refractivity contribution in [3.05, 3.63) is 0 Å². The van der Waals surface area contributed by atoms with E-state index in [1.807, 2.05) is 0 Å². The van der Waals surface area contributed by atoms with Crippen LogP contribution in [0.4, 0.5) is 0 Å². The van der Waals surface area contributed by atoms with Gasteiger partial charge in [-0.3, -0.25) is 11.3 Å². The lowest BCUT2D eigenvalue weighted by atomic mass is 10.7. The number of hydrogen-bond acceptors (Lipinski definition) is 3. The number of halogens is 2. The molecule has 0 aliphatic carbocycles. The van der Waals surface area contributed by atoms with Gasteiger partial charge in [0.2, 0.25) is 0 Å². The molecular formula is C3H12Cl2N2O. The Hall–Kier alpha value is 0.460. The third-order valence-corrected chi connectivity index (χ3v) is 0.451. The lowest BCUT2D eigenvalue weighted by Gasteiger charge is -1.92. The average Bonchev–Trinajstić information content (AvgIpc) is 1.61. The van der Waals surface area contributed by atoms with Gasteiger partial charge in [0.15, 0.2) is 0 Å². The molecule has 5 heteroatoms. The highest BCUT2D eigenvalue weighted by Crippen LogP contribution is 1.56. The molecule has 0 aromatic rings. The quantitative estimate of drug-likeness (QED) is 0.348. The van der Waals surface area contributed by atoms with Crippen molar-refractivity contribution in [3.63, 3.8) is 0 Å². The molecular weight excluding hydrogens is 151 g/mol. The summed E-state index contributed by atoms with van der Waals surface area (Å²) in [4.78, 5) is 0. The van der Waals surface area contributed by atoms with Crippen molar-refractivity contribution in [1.82, 2.24) is 5.43 Å². The maximum Gasteiger partial charge on any atom is 0.0601 e. The minimum atomic E-state index is 0.